The molecule has 8 heteroatoms. The Morgan fingerprint density at radius 2 is 0.653 bits per heavy atom. The predicted octanol–water partition coefficient (Wildman–Crippen LogP) is 12.6. The van der Waals surface area contributed by atoms with Gasteiger partial charge in [0.15, 0.2) is 0 Å². The maximum Gasteiger partial charge on any atom is 0.242 e. The Hall–Kier alpha value is -6.93. The summed E-state index contributed by atoms with van der Waals surface area (Å²) in [5, 5.41) is 5.53. The standard InChI is InChI=1S/C32H21BO2S2.C32H21BS2/c1-18-8-10-21-25-14-27-23(16-31(25)36(34)29(21)12-18)24-17-32-26(22-11-9-19(2)13-30(22)37(32)35)15-28(24)33(27)20-6-4-3-5-7-20;1-18-8-10-21-25-14-27-23(16-31(25)34-29(21)12-18)24-17-32-26(22-11-9-19(2)13-30(22)35-32)15-28(24)33(27)20-6-4-3-5-7-20/h3-17H,1-2H3;3-17H,1-2H3. The van der Waals surface area contributed by atoms with Gasteiger partial charge in [-0.1, -0.05) is 166 Å². The largest absolute Gasteiger partial charge is 0.249 e. The average Bonchev–Trinajstić information content (AvgIpc) is 4.21. The minimum Gasteiger partial charge on any atom is -0.249 e. The fourth-order valence-electron chi connectivity index (χ4n) is 12.3. The lowest BCUT2D eigenvalue weighted by Crippen LogP contribution is -2.48. The van der Waals surface area contributed by atoms with E-state index < -0.39 is 21.6 Å². The van der Waals surface area contributed by atoms with Gasteiger partial charge in [-0.25, -0.2) is 8.42 Å². The van der Waals surface area contributed by atoms with Crippen LogP contribution >= 0.6 is 22.7 Å². The quantitative estimate of drug-likeness (QED) is 0.162. The molecule has 12 aromatic rings. The van der Waals surface area contributed by atoms with Gasteiger partial charge in [0, 0.05) is 29.6 Å². The molecule has 0 aliphatic carbocycles. The van der Waals surface area contributed by atoms with E-state index in [2.05, 4.69) is 196 Å². The molecular weight excluding hydrogens is 951 g/mol. The highest BCUT2D eigenvalue weighted by atomic mass is 32.2. The molecule has 0 saturated carbocycles. The van der Waals surface area contributed by atoms with Crippen LogP contribution in [-0.4, -0.2) is 21.8 Å². The van der Waals surface area contributed by atoms with Gasteiger partial charge < -0.3 is 0 Å². The number of benzene rings is 10. The zero-order valence-electron chi connectivity index (χ0n) is 39.9. The Labute approximate surface area is 432 Å². The van der Waals surface area contributed by atoms with Crippen molar-refractivity contribution in [1.29, 1.82) is 0 Å². The first-order chi connectivity index (χ1) is 35.1. The summed E-state index contributed by atoms with van der Waals surface area (Å²) in [6.07, 6.45) is 0. The molecule has 16 rings (SSSR count). The maximum absolute atomic E-state index is 13.6. The van der Waals surface area contributed by atoms with Crippen LogP contribution in [0.25, 0.3) is 84.9 Å². The van der Waals surface area contributed by atoms with Crippen molar-refractivity contribution >= 4 is 131 Å². The lowest BCUT2D eigenvalue weighted by molar-refractivity contribution is 0.684. The van der Waals surface area contributed by atoms with Gasteiger partial charge in [-0.3, -0.25) is 0 Å². The van der Waals surface area contributed by atoms with Gasteiger partial charge in [0.05, 0.1) is 41.2 Å². The molecule has 4 aliphatic rings. The Balaban J connectivity index is 0.000000129. The van der Waals surface area contributed by atoms with Crippen molar-refractivity contribution in [2.75, 3.05) is 0 Å². The summed E-state index contributed by atoms with van der Waals surface area (Å²) in [4.78, 5) is 3.55. The molecule has 2 atom stereocenters. The highest BCUT2D eigenvalue weighted by Crippen LogP contribution is 2.47. The summed E-state index contributed by atoms with van der Waals surface area (Å²) in [7, 11) is -2.42. The second-order valence-corrected chi connectivity index (χ2v) is 25.2. The van der Waals surface area contributed by atoms with E-state index in [-0.39, 0.29) is 13.4 Å². The third kappa shape index (κ3) is 6.26. The molecule has 0 radical (unpaired) electrons. The van der Waals surface area contributed by atoms with E-state index in [1.165, 1.54) is 95.4 Å². The molecular formula is C64H42B2O2S4. The number of hydrogen-bond acceptors (Lipinski definition) is 4. The van der Waals surface area contributed by atoms with Gasteiger partial charge in [-0.05, 0) is 154 Å². The summed E-state index contributed by atoms with van der Waals surface area (Å²) in [5.74, 6) is 0. The maximum atomic E-state index is 13.6. The SMILES string of the molecule is Cc1ccc2c(c1)S(=O)c1cc3c(cc1-2)B(c1ccccc1)c1cc2c(cc1-3)S(=O)c1cc(C)ccc1-2.Cc1ccc2c(c1)sc1cc3c(cc12)B(c1ccccc1)c1cc2c(cc1-3)sc1cc(C)ccc12. The smallest absolute Gasteiger partial charge is 0.242 e. The number of aryl methyl sites for hydroxylation is 4. The average molecular weight is 993 g/mol. The molecule has 0 saturated heterocycles. The molecule has 6 heterocycles. The van der Waals surface area contributed by atoms with Crippen LogP contribution in [0.15, 0.2) is 202 Å². The normalized spacial score (nSPS) is 15.3. The topological polar surface area (TPSA) is 34.1 Å². The first kappa shape index (κ1) is 42.7. The molecule has 340 valence electrons. The van der Waals surface area contributed by atoms with E-state index in [9.17, 15) is 8.42 Å². The molecule has 0 N–H and O–H groups in total. The molecule has 0 spiro atoms. The number of thiophene rings is 2. The Bertz CT molecular complexity index is 4190. The second kappa shape index (κ2) is 15.8. The van der Waals surface area contributed by atoms with Crippen LogP contribution < -0.4 is 32.8 Å². The van der Waals surface area contributed by atoms with Crippen LogP contribution in [0.1, 0.15) is 22.3 Å². The van der Waals surface area contributed by atoms with E-state index in [1.54, 1.807) is 0 Å². The third-order valence-electron chi connectivity index (χ3n) is 15.6. The van der Waals surface area contributed by atoms with E-state index in [0.717, 1.165) is 64.1 Å². The van der Waals surface area contributed by atoms with Crippen molar-refractivity contribution in [2.24, 2.45) is 0 Å². The number of fused-ring (bicyclic) bond motifs is 18. The molecule has 4 aliphatic heterocycles. The van der Waals surface area contributed by atoms with Gasteiger partial charge in [-0.15, -0.1) is 22.7 Å². The van der Waals surface area contributed by atoms with Crippen molar-refractivity contribution in [3.8, 4) is 44.5 Å². The predicted molar refractivity (Wildman–Crippen MR) is 311 cm³/mol. The van der Waals surface area contributed by atoms with Crippen LogP contribution in [0.2, 0.25) is 0 Å². The minimum atomic E-state index is -1.21. The lowest BCUT2D eigenvalue weighted by Gasteiger charge is -2.13. The van der Waals surface area contributed by atoms with Crippen LogP contribution in [0.3, 0.4) is 0 Å². The summed E-state index contributed by atoms with van der Waals surface area (Å²) < 4.78 is 32.7. The van der Waals surface area contributed by atoms with E-state index >= 15 is 0 Å². The third-order valence-corrected chi connectivity index (χ3v) is 20.8. The van der Waals surface area contributed by atoms with Gasteiger partial charge in [-0.2, -0.15) is 0 Å². The summed E-state index contributed by atoms with van der Waals surface area (Å²) >= 11 is 3.85. The number of hydrogen-bond donors (Lipinski definition) is 0. The monoisotopic (exact) mass is 992 g/mol. The molecule has 0 bridgehead atoms. The Morgan fingerprint density at radius 1 is 0.306 bits per heavy atom. The van der Waals surface area contributed by atoms with Crippen molar-refractivity contribution in [3.05, 3.63) is 204 Å². The minimum absolute atomic E-state index is 0.0627. The van der Waals surface area contributed by atoms with Crippen LogP contribution in [0, 0.1) is 27.7 Å². The van der Waals surface area contributed by atoms with Crippen molar-refractivity contribution in [1.82, 2.24) is 0 Å². The summed E-state index contributed by atoms with van der Waals surface area (Å²) in [6.45, 7) is 8.78. The first-order valence-corrected chi connectivity index (χ1v) is 28.5. The van der Waals surface area contributed by atoms with Crippen LogP contribution in [0.4, 0.5) is 0 Å². The molecule has 72 heavy (non-hydrogen) atoms. The molecule has 2 nitrogen and oxygen atoms in total. The fraction of sp³-hybridized carbons (Fsp3) is 0.0625. The van der Waals surface area contributed by atoms with Crippen LogP contribution in [0.5, 0.6) is 0 Å². The molecule has 0 fully saturated rings. The highest BCUT2D eigenvalue weighted by molar-refractivity contribution is 7.86. The molecule has 10 aromatic carbocycles. The van der Waals surface area contributed by atoms with Crippen molar-refractivity contribution in [2.45, 2.75) is 47.3 Å². The lowest BCUT2D eigenvalue weighted by atomic mass is 9.39. The van der Waals surface area contributed by atoms with Gasteiger partial charge in [0.1, 0.15) is 0 Å². The number of rotatable bonds is 2. The Morgan fingerprint density at radius 3 is 1.08 bits per heavy atom. The molecule has 2 unspecified atom stereocenters. The zero-order chi connectivity index (χ0) is 48.3. The fourth-order valence-corrected chi connectivity index (χ4v) is 17.7. The van der Waals surface area contributed by atoms with Crippen molar-refractivity contribution in [3.63, 3.8) is 0 Å². The van der Waals surface area contributed by atoms with Gasteiger partial charge in [0.2, 0.25) is 13.4 Å². The van der Waals surface area contributed by atoms with Crippen molar-refractivity contribution < 1.29 is 8.42 Å². The molecule has 2 aromatic heterocycles. The van der Waals surface area contributed by atoms with E-state index in [4.69, 9.17) is 0 Å². The van der Waals surface area contributed by atoms with Crippen LogP contribution in [-0.2, 0) is 21.6 Å². The van der Waals surface area contributed by atoms with E-state index in [1.807, 2.05) is 36.5 Å². The summed E-state index contributed by atoms with van der Waals surface area (Å²) in [6, 6.07) is 66.7. The highest BCUT2D eigenvalue weighted by Gasteiger charge is 2.40. The van der Waals surface area contributed by atoms with E-state index in [0.29, 0.717) is 0 Å². The second-order valence-electron chi connectivity index (χ2n) is 20.2. The van der Waals surface area contributed by atoms with Gasteiger partial charge >= 0.3 is 0 Å². The van der Waals surface area contributed by atoms with Gasteiger partial charge in [0.25, 0.3) is 0 Å². The zero-order valence-corrected chi connectivity index (χ0v) is 43.2. The first-order valence-electron chi connectivity index (χ1n) is 24.6. The Kier molecular flexibility index (Phi) is 9.37. The molecule has 0 amide bonds. The summed E-state index contributed by atoms with van der Waals surface area (Å²) in [5.41, 5.74) is 22.1.